The first-order valence-corrected chi connectivity index (χ1v) is 6.07. The molecule has 1 aromatic carbocycles. The molecule has 2 aromatic rings. The number of benzene rings is 1. The van der Waals surface area contributed by atoms with E-state index in [2.05, 4.69) is 0 Å². The minimum atomic E-state index is -2.87. The van der Waals surface area contributed by atoms with Gasteiger partial charge in [0.25, 0.3) is 0 Å². The van der Waals surface area contributed by atoms with E-state index in [-0.39, 0.29) is 0 Å². The smallest absolute Gasteiger partial charge is 0.134 e. The Morgan fingerprint density at radius 2 is 2.14 bits per heavy atom. The molecular weight excluding hydrogens is 200 g/mol. The fourth-order valence-electron chi connectivity index (χ4n) is 1.33. The maximum Gasteiger partial charge on any atom is 0.134 e. The molecule has 14 heavy (non-hydrogen) atoms. The van der Waals surface area contributed by atoms with Crippen LogP contribution in [0.1, 0.15) is 5.56 Å². The van der Waals surface area contributed by atoms with Crippen molar-refractivity contribution < 1.29 is 13.2 Å². The fourth-order valence-corrected chi connectivity index (χ4v) is 1.98. The van der Waals surface area contributed by atoms with E-state index >= 15 is 0 Å². The summed E-state index contributed by atoms with van der Waals surface area (Å²) in [4.78, 5) is 0. The molecule has 2 rings (SSSR count). The van der Waals surface area contributed by atoms with E-state index in [9.17, 15) is 8.76 Å². The van der Waals surface area contributed by atoms with Gasteiger partial charge in [0.2, 0.25) is 0 Å². The molecule has 0 saturated carbocycles. The third kappa shape index (κ3) is 1.81. The van der Waals surface area contributed by atoms with Crippen LogP contribution in [0.4, 0.5) is 0 Å². The van der Waals surface area contributed by atoms with Gasteiger partial charge in [-0.25, -0.2) is 4.21 Å². The zero-order chi connectivity index (χ0) is 10.2. The number of hydrogen-bond acceptors (Lipinski definition) is 2. The van der Waals surface area contributed by atoms with E-state index in [1.807, 2.05) is 24.3 Å². The molecule has 3 nitrogen and oxygen atoms in total. The van der Waals surface area contributed by atoms with Crippen LogP contribution in [0.3, 0.4) is 0 Å². The summed E-state index contributed by atoms with van der Waals surface area (Å²) in [6.07, 6.45) is 2.76. The lowest BCUT2D eigenvalue weighted by Crippen LogP contribution is -1.98. The molecule has 0 aliphatic rings. The zero-order valence-corrected chi connectivity index (χ0v) is 8.45. The second kappa shape index (κ2) is 3.15. The molecule has 1 N–H and O–H groups in total. The maximum absolute atomic E-state index is 11.2. The highest BCUT2D eigenvalue weighted by Crippen LogP contribution is 2.19. The summed E-state index contributed by atoms with van der Waals surface area (Å²) < 4.78 is 25.6. The summed E-state index contributed by atoms with van der Waals surface area (Å²) >= 11 is 0. The SMILES string of the molecule is CS(=O)(O)=Cc1coc2ccccc12. The topological polar surface area (TPSA) is 50.4 Å². The van der Waals surface area contributed by atoms with Gasteiger partial charge in [0.15, 0.2) is 0 Å². The summed E-state index contributed by atoms with van der Waals surface area (Å²) in [5.74, 6) is 0. The minimum Gasteiger partial charge on any atom is -0.464 e. The van der Waals surface area contributed by atoms with Crippen LogP contribution in [0, 0.1) is 0 Å². The monoisotopic (exact) mass is 210 g/mol. The van der Waals surface area contributed by atoms with Crippen molar-refractivity contribution in [1.82, 2.24) is 0 Å². The molecule has 1 heterocycles. The Bertz CT molecular complexity index is 566. The highest BCUT2D eigenvalue weighted by molar-refractivity contribution is 7.95. The Morgan fingerprint density at radius 3 is 2.86 bits per heavy atom. The van der Waals surface area contributed by atoms with E-state index in [0.29, 0.717) is 5.56 Å². The van der Waals surface area contributed by atoms with Gasteiger partial charge in [0, 0.05) is 22.6 Å². The fraction of sp³-hybridized carbons (Fsp3) is 0.100. The van der Waals surface area contributed by atoms with Crippen molar-refractivity contribution in [2.75, 3.05) is 6.26 Å². The second-order valence-electron chi connectivity index (χ2n) is 3.17. The first kappa shape index (κ1) is 9.30. The largest absolute Gasteiger partial charge is 0.464 e. The normalized spacial score (nSPS) is 15.3. The van der Waals surface area contributed by atoms with Gasteiger partial charge >= 0.3 is 0 Å². The van der Waals surface area contributed by atoms with Gasteiger partial charge in [0.05, 0.1) is 16.1 Å². The average molecular weight is 210 g/mol. The van der Waals surface area contributed by atoms with Gasteiger partial charge in [-0.1, -0.05) is 18.2 Å². The van der Waals surface area contributed by atoms with Crippen LogP contribution in [-0.4, -0.2) is 20.4 Å². The predicted octanol–water partition coefficient (Wildman–Crippen LogP) is 1.97. The van der Waals surface area contributed by atoms with Gasteiger partial charge in [-0.2, -0.15) is 0 Å². The standard InChI is InChI=1S/C10H10O3S/c1-14(11,12)7-8-6-13-10-5-3-2-4-9(8)10/h2-7H,1H3,(H,11,12). The van der Waals surface area contributed by atoms with Gasteiger partial charge < -0.3 is 8.97 Å². The van der Waals surface area contributed by atoms with Gasteiger partial charge in [-0.05, 0) is 6.07 Å². The molecule has 1 unspecified atom stereocenters. The lowest BCUT2D eigenvalue weighted by molar-refractivity contribution is 0.566. The quantitative estimate of drug-likeness (QED) is 0.732. The average Bonchev–Trinajstić information content (AvgIpc) is 2.47. The number of fused-ring (bicyclic) bond motifs is 1. The molecule has 0 aliphatic carbocycles. The van der Waals surface area contributed by atoms with Crippen molar-refractivity contribution in [3.8, 4) is 0 Å². The third-order valence-electron chi connectivity index (χ3n) is 1.86. The van der Waals surface area contributed by atoms with E-state index in [1.165, 1.54) is 17.9 Å². The van der Waals surface area contributed by atoms with Crippen molar-refractivity contribution in [3.05, 3.63) is 36.1 Å². The molecule has 0 amide bonds. The van der Waals surface area contributed by atoms with E-state index in [4.69, 9.17) is 4.42 Å². The van der Waals surface area contributed by atoms with Crippen LogP contribution in [0.25, 0.3) is 11.0 Å². The minimum absolute atomic E-state index is 0.663. The summed E-state index contributed by atoms with van der Waals surface area (Å²) in [6.45, 7) is 0. The summed E-state index contributed by atoms with van der Waals surface area (Å²) in [7, 11) is -2.87. The van der Waals surface area contributed by atoms with Crippen LogP contribution in [0.2, 0.25) is 0 Å². The Balaban J connectivity index is 2.72. The second-order valence-corrected chi connectivity index (χ2v) is 5.12. The Hall–Kier alpha value is -1.26. The van der Waals surface area contributed by atoms with Crippen molar-refractivity contribution in [2.45, 2.75) is 0 Å². The third-order valence-corrected chi connectivity index (χ3v) is 2.55. The van der Waals surface area contributed by atoms with Crippen molar-refractivity contribution in [1.29, 1.82) is 0 Å². The number of hydrogen-bond donors (Lipinski definition) is 1. The lowest BCUT2D eigenvalue weighted by atomic mass is 10.2. The van der Waals surface area contributed by atoms with Crippen LogP contribution >= 0.6 is 0 Å². The summed E-state index contributed by atoms with van der Waals surface area (Å²) in [6, 6.07) is 7.40. The van der Waals surface area contributed by atoms with Crippen LogP contribution in [0.15, 0.2) is 34.9 Å². The molecule has 0 spiro atoms. The molecule has 0 aliphatic heterocycles. The predicted molar refractivity (Wildman–Crippen MR) is 58.1 cm³/mol. The van der Waals surface area contributed by atoms with Crippen molar-refractivity contribution in [3.63, 3.8) is 0 Å². The Morgan fingerprint density at radius 1 is 1.43 bits per heavy atom. The van der Waals surface area contributed by atoms with Crippen LogP contribution in [0.5, 0.6) is 0 Å². The zero-order valence-electron chi connectivity index (χ0n) is 7.64. The van der Waals surface area contributed by atoms with E-state index in [1.54, 1.807) is 0 Å². The summed E-state index contributed by atoms with van der Waals surface area (Å²) in [5, 5.41) is 2.18. The Kier molecular flexibility index (Phi) is 2.09. The number of rotatable bonds is 1. The number of furan rings is 1. The molecule has 0 radical (unpaired) electrons. The molecule has 0 saturated heterocycles. The summed E-state index contributed by atoms with van der Waals surface area (Å²) in [5.41, 5.74) is 1.39. The van der Waals surface area contributed by atoms with E-state index < -0.39 is 9.80 Å². The molecule has 0 fully saturated rings. The highest BCUT2D eigenvalue weighted by Gasteiger charge is 2.03. The van der Waals surface area contributed by atoms with Gasteiger partial charge in [-0.3, -0.25) is 0 Å². The Labute approximate surface area is 82.2 Å². The molecule has 4 heteroatoms. The van der Waals surface area contributed by atoms with Gasteiger partial charge in [-0.15, -0.1) is 0 Å². The van der Waals surface area contributed by atoms with Crippen molar-refractivity contribution in [2.24, 2.45) is 0 Å². The molecule has 0 bridgehead atoms. The highest BCUT2D eigenvalue weighted by atomic mass is 32.2. The van der Waals surface area contributed by atoms with Crippen molar-refractivity contribution >= 4 is 26.1 Å². The molecular formula is C10H10O3S. The van der Waals surface area contributed by atoms with Crippen LogP contribution in [-0.2, 0) is 9.80 Å². The lowest BCUT2D eigenvalue weighted by Gasteiger charge is -1.92. The maximum atomic E-state index is 11.2. The first-order valence-electron chi connectivity index (χ1n) is 4.09. The first-order chi connectivity index (χ1) is 6.56. The number of para-hydroxylation sites is 1. The van der Waals surface area contributed by atoms with Gasteiger partial charge in [0.1, 0.15) is 5.58 Å². The molecule has 1 atom stereocenters. The molecule has 74 valence electrons. The molecule has 1 aromatic heterocycles. The van der Waals surface area contributed by atoms with E-state index in [0.717, 1.165) is 11.0 Å². The van der Waals surface area contributed by atoms with Crippen LogP contribution < -0.4 is 0 Å².